The van der Waals surface area contributed by atoms with E-state index in [-0.39, 0.29) is 22.9 Å². The van der Waals surface area contributed by atoms with Gasteiger partial charge >= 0.3 is 5.97 Å². The summed E-state index contributed by atoms with van der Waals surface area (Å²) in [4.78, 5) is 28.5. The topological polar surface area (TPSA) is 118 Å². The zero-order chi connectivity index (χ0) is 20.5. The minimum Gasteiger partial charge on any atom is -0.510 e. The van der Waals surface area contributed by atoms with E-state index in [9.17, 15) is 9.90 Å². The number of esters is 1. The number of ether oxygens (including phenoxy) is 1. The predicted molar refractivity (Wildman–Crippen MR) is 109 cm³/mol. The number of nitrogens with one attached hydrogen (secondary N) is 1. The van der Waals surface area contributed by atoms with Crippen LogP contribution in [0.3, 0.4) is 0 Å². The van der Waals surface area contributed by atoms with Gasteiger partial charge in [-0.05, 0) is 32.0 Å². The predicted octanol–water partition coefficient (Wildman–Crippen LogP) is 2.85. The number of H-pyrrole nitrogens is 1. The summed E-state index contributed by atoms with van der Waals surface area (Å²) in [6.45, 7) is 3.80. The van der Waals surface area contributed by atoms with Gasteiger partial charge in [-0.1, -0.05) is 23.9 Å². The van der Waals surface area contributed by atoms with E-state index >= 15 is 0 Å². The first-order valence-corrected chi connectivity index (χ1v) is 9.74. The molecule has 3 aromatic heterocycles. The number of imidazole rings is 1. The van der Waals surface area contributed by atoms with Gasteiger partial charge < -0.3 is 14.8 Å². The molecule has 0 atom stereocenters. The molecule has 29 heavy (non-hydrogen) atoms. The summed E-state index contributed by atoms with van der Waals surface area (Å²) in [6.07, 6.45) is 0. The maximum Gasteiger partial charge on any atom is 0.345 e. The first-order valence-electron chi connectivity index (χ1n) is 8.75. The normalized spacial score (nSPS) is 12.4. The number of benzene rings is 1. The summed E-state index contributed by atoms with van der Waals surface area (Å²) >= 11 is 1.19. The number of hydrogen-bond donors (Lipinski definition) is 2. The summed E-state index contributed by atoms with van der Waals surface area (Å²) < 4.78 is 6.48. The van der Waals surface area contributed by atoms with Gasteiger partial charge in [0.1, 0.15) is 17.2 Å². The Hall–Kier alpha value is -3.40. The molecular weight excluding hydrogens is 392 g/mol. The van der Waals surface area contributed by atoms with Gasteiger partial charge in [-0.2, -0.15) is 4.98 Å². The number of thioether (sulfide) groups is 1. The van der Waals surface area contributed by atoms with Gasteiger partial charge in [0.05, 0.1) is 23.9 Å². The molecule has 0 aliphatic carbocycles. The van der Waals surface area contributed by atoms with E-state index in [0.717, 1.165) is 16.9 Å². The number of para-hydroxylation sites is 2. The SMILES string of the molecule is COC(=O)/C(=C(\O)CSc1nc2nc(C)cc(C)n2n1)c1nc2ccccc2[nH]1. The van der Waals surface area contributed by atoms with E-state index in [0.29, 0.717) is 16.5 Å². The molecule has 4 aromatic rings. The molecule has 0 aliphatic heterocycles. The molecule has 2 N–H and O–H groups in total. The summed E-state index contributed by atoms with van der Waals surface area (Å²) in [7, 11) is 1.26. The first-order chi connectivity index (χ1) is 14.0. The van der Waals surface area contributed by atoms with Crippen molar-refractivity contribution in [1.29, 1.82) is 0 Å². The molecule has 0 spiro atoms. The van der Waals surface area contributed by atoms with Gasteiger partial charge in [0.15, 0.2) is 0 Å². The highest BCUT2D eigenvalue weighted by Crippen LogP contribution is 2.24. The summed E-state index contributed by atoms with van der Waals surface area (Å²) in [5.74, 6) is -0.0683. The highest BCUT2D eigenvalue weighted by molar-refractivity contribution is 7.99. The number of aromatic amines is 1. The third-order valence-electron chi connectivity index (χ3n) is 4.24. The van der Waals surface area contributed by atoms with E-state index in [1.165, 1.54) is 18.9 Å². The highest BCUT2D eigenvalue weighted by Gasteiger charge is 2.22. The standard InChI is InChI=1S/C19H18N6O3S/c1-10-8-11(2)25-18(20-10)23-19(24-25)29-9-14(26)15(17(27)28-3)16-21-12-6-4-5-7-13(12)22-16/h4-8,26H,9H2,1-3H3,(H,21,22)/b15-14-. The van der Waals surface area contributed by atoms with Gasteiger partial charge in [0.2, 0.25) is 5.16 Å². The quantitative estimate of drug-likeness (QED) is 0.223. The lowest BCUT2D eigenvalue weighted by atomic mass is 10.2. The highest BCUT2D eigenvalue weighted by atomic mass is 32.2. The summed E-state index contributed by atoms with van der Waals surface area (Å²) in [5, 5.41) is 15.5. The van der Waals surface area contributed by atoms with Crippen LogP contribution in [0.5, 0.6) is 0 Å². The molecule has 4 rings (SSSR count). The molecule has 0 saturated heterocycles. The second-order valence-corrected chi connectivity index (χ2v) is 7.29. The Bertz CT molecular complexity index is 1230. The Morgan fingerprint density at radius 2 is 2.03 bits per heavy atom. The fraction of sp³-hybridized carbons (Fsp3) is 0.211. The van der Waals surface area contributed by atoms with Gasteiger partial charge in [-0.15, -0.1) is 5.10 Å². The molecule has 0 radical (unpaired) electrons. The lowest BCUT2D eigenvalue weighted by Crippen LogP contribution is -2.09. The Kier molecular flexibility index (Phi) is 4.93. The number of carbonyl (C=O) groups excluding carboxylic acids is 1. The average Bonchev–Trinajstić information content (AvgIpc) is 3.30. The molecule has 0 aliphatic rings. The third-order valence-corrected chi connectivity index (χ3v) is 5.09. The lowest BCUT2D eigenvalue weighted by molar-refractivity contribution is -0.133. The number of methoxy groups -OCH3 is 1. The Morgan fingerprint density at radius 1 is 1.24 bits per heavy atom. The number of fused-ring (bicyclic) bond motifs is 2. The lowest BCUT2D eigenvalue weighted by Gasteiger charge is -2.06. The van der Waals surface area contributed by atoms with Crippen molar-refractivity contribution < 1.29 is 14.6 Å². The van der Waals surface area contributed by atoms with Crippen LogP contribution in [0.15, 0.2) is 41.2 Å². The van der Waals surface area contributed by atoms with Gasteiger partial charge in [-0.3, -0.25) is 0 Å². The molecule has 3 heterocycles. The van der Waals surface area contributed by atoms with Crippen LogP contribution in [-0.2, 0) is 9.53 Å². The second kappa shape index (κ2) is 7.55. The van der Waals surface area contributed by atoms with E-state index in [4.69, 9.17) is 4.74 Å². The minimum atomic E-state index is -0.682. The fourth-order valence-electron chi connectivity index (χ4n) is 2.94. The van der Waals surface area contributed by atoms with Crippen LogP contribution in [0, 0.1) is 13.8 Å². The van der Waals surface area contributed by atoms with Crippen LogP contribution in [-0.4, -0.2) is 53.5 Å². The monoisotopic (exact) mass is 410 g/mol. The Labute approximate surface area is 169 Å². The molecule has 10 heteroatoms. The van der Waals surface area contributed by atoms with Crippen molar-refractivity contribution >= 4 is 40.1 Å². The van der Waals surface area contributed by atoms with Crippen LogP contribution in [0.2, 0.25) is 0 Å². The van der Waals surface area contributed by atoms with Crippen LogP contribution in [0.1, 0.15) is 17.2 Å². The number of aliphatic hydroxyl groups excluding tert-OH is 1. The third kappa shape index (κ3) is 3.66. The molecule has 0 bridgehead atoms. The van der Waals surface area contributed by atoms with Crippen LogP contribution in [0.25, 0.3) is 22.4 Å². The molecule has 0 amide bonds. The average molecular weight is 410 g/mol. The second-order valence-electron chi connectivity index (χ2n) is 6.35. The molecule has 0 saturated carbocycles. The summed E-state index contributed by atoms with van der Waals surface area (Å²) in [5.41, 5.74) is 3.17. The number of carbonyl (C=O) groups is 1. The van der Waals surface area contributed by atoms with Crippen LogP contribution in [0.4, 0.5) is 0 Å². The zero-order valence-electron chi connectivity index (χ0n) is 16.0. The maximum absolute atomic E-state index is 12.3. The number of aliphatic hydroxyl groups is 1. The van der Waals surface area contributed by atoms with Crippen LogP contribution < -0.4 is 0 Å². The summed E-state index contributed by atoms with van der Waals surface area (Å²) in [6, 6.07) is 9.26. The number of rotatable bonds is 5. The van der Waals surface area contributed by atoms with Crippen molar-refractivity contribution in [2.24, 2.45) is 0 Å². The van der Waals surface area contributed by atoms with Crippen molar-refractivity contribution in [3.05, 3.63) is 53.3 Å². The van der Waals surface area contributed by atoms with E-state index < -0.39 is 5.97 Å². The van der Waals surface area contributed by atoms with Gasteiger partial charge in [0.25, 0.3) is 5.78 Å². The molecule has 148 valence electrons. The van der Waals surface area contributed by atoms with Crippen molar-refractivity contribution in [3.8, 4) is 0 Å². The largest absolute Gasteiger partial charge is 0.510 e. The minimum absolute atomic E-state index is 0.0230. The Balaban J connectivity index is 1.65. The Morgan fingerprint density at radius 3 is 2.79 bits per heavy atom. The van der Waals surface area contributed by atoms with Crippen molar-refractivity contribution in [3.63, 3.8) is 0 Å². The van der Waals surface area contributed by atoms with Crippen molar-refractivity contribution in [1.82, 2.24) is 29.5 Å². The van der Waals surface area contributed by atoms with E-state index in [1.807, 2.05) is 44.2 Å². The smallest absolute Gasteiger partial charge is 0.345 e. The van der Waals surface area contributed by atoms with E-state index in [1.54, 1.807) is 4.52 Å². The number of hydrogen-bond acceptors (Lipinski definition) is 8. The molecule has 0 unspecified atom stereocenters. The van der Waals surface area contributed by atoms with Crippen molar-refractivity contribution in [2.45, 2.75) is 19.0 Å². The molecule has 0 fully saturated rings. The molecule has 1 aromatic carbocycles. The number of aromatic nitrogens is 6. The molecular formula is C19H18N6O3S. The van der Waals surface area contributed by atoms with Gasteiger partial charge in [-0.25, -0.2) is 19.3 Å². The van der Waals surface area contributed by atoms with E-state index in [2.05, 4.69) is 25.0 Å². The first kappa shape index (κ1) is 18.9. The molecule has 9 nitrogen and oxygen atoms in total. The van der Waals surface area contributed by atoms with Gasteiger partial charge in [0, 0.05) is 11.4 Å². The van der Waals surface area contributed by atoms with Crippen molar-refractivity contribution in [2.75, 3.05) is 12.9 Å². The number of nitrogens with zero attached hydrogens (tertiary/aromatic N) is 5. The number of aryl methyl sites for hydroxylation is 2. The zero-order valence-corrected chi connectivity index (χ0v) is 16.8. The van der Waals surface area contributed by atoms with Crippen LogP contribution >= 0.6 is 11.8 Å². The maximum atomic E-state index is 12.3. The fourth-order valence-corrected chi connectivity index (χ4v) is 3.63.